The molecule has 0 bridgehead atoms. The van der Waals surface area contributed by atoms with E-state index < -0.39 is 0 Å². The summed E-state index contributed by atoms with van der Waals surface area (Å²) < 4.78 is 2.03. The van der Waals surface area contributed by atoms with Gasteiger partial charge in [-0.3, -0.25) is 0 Å². The Hall–Kier alpha value is -2.02. The van der Waals surface area contributed by atoms with Crippen LogP contribution in [-0.4, -0.2) is 38.6 Å². The summed E-state index contributed by atoms with van der Waals surface area (Å²) in [5.41, 5.74) is 4.61. The van der Waals surface area contributed by atoms with E-state index in [0.29, 0.717) is 0 Å². The van der Waals surface area contributed by atoms with E-state index >= 15 is 0 Å². The summed E-state index contributed by atoms with van der Waals surface area (Å²) >= 11 is 1.65. The molecule has 0 radical (unpaired) electrons. The third kappa shape index (κ3) is 2.06. The topological polar surface area (TPSA) is 59.7 Å². The minimum Gasteiger partial charge on any atom is -0.361 e. The van der Waals surface area contributed by atoms with Crippen molar-refractivity contribution in [2.75, 3.05) is 19.0 Å². The molecule has 3 rings (SSSR count). The first kappa shape index (κ1) is 12.0. The number of thiazole rings is 1. The molecule has 3 heterocycles. The number of hydrogen-bond acceptors (Lipinski definition) is 6. The maximum Gasteiger partial charge on any atom is 0.165 e. The van der Waals surface area contributed by atoms with Crippen LogP contribution in [0.4, 0.5) is 5.82 Å². The zero-order chi connectivity index (χ0) is 13.4. The van der Waals surface area contributed by atoms with Gasteiger partial charge in [0.1, 0.15) is 6.33 Å². The van der Waals surface area contributed by atoms with E-state index in [1.807, 2.05) is 42.3 Å². The monoisotopic (exact) mass is 274 g/mol. The molecule has 0 amide bonds. The van der Waals surface area contributed by atoms with E-state index in [1.54, 1.807) is 17.7 Å². The van der Waals surface area contributed by atoms with E-state index in [4.69, 9.17) is 0 Å². The number of hydrogen-bond donors (Lipinski definition) is 0. The van der Waals surface area contributed by atoms with Crippen LogP contribution in [0.1, 0.15) is 10.6 Å². The number of aromatic nitrogens is 5. The zero-order valence-corrected chi connectivity index (χ0v) is 11.8. The summed E-state index contributed by atoms with van der Waals surface area (Å²) in [5, 5.41) is 0. The molecule has 0 saturated heterocycles. The molecule has 0 aliphatic rings. The molecule has 0 aromatic carbocycles. The molecule has 0 N–H and O–H groups in total. The molecule has 0 atom stereocenters. The lowest BCUT2D eigenvalue weighted by Gasteiger charge is -2.10. The van der Waals surface area contributed by atoms with Gasteiger partial charge in [-0.1, -0.05) is 0 Å². The maximum atomic E-state index is 4.43. The van der Waals surface area contributed by atoms with Crippen LogP contribution in [0.3, 0.4) is 0 Å². The van der Waals surface area contributed by atoms with Crippen molar-refractivity contribution < 1.29 is 0 Å². The van der Waals surface area contributed by atoms with Crippen molar-refractivity contribution >= 4 is 28.3 Å². The molecule has 7 heteroatoms. The summed E-state index contributed by atoms with van der Waals surface area (Å²) in [4.78, 5) is 20.5. The number of fused-ring (bicyclic) bond motifs is 1. The third-order valence-electron chi connectivity index (χ3n) is 2.96. The Bertz CT molecular complexity index is 714. The minimum atomic E-state index is 0.747. The smallest absolute Gasteiger partial charge is 0.165 e. The normalized spacial score (nSPS) is 11.1. The number of imidazole rings is 1. The first-order valence-electron chi connectivity index (χ1n) is 5.89. The second-order valence-electron chi connectivity index (χ2n) is 4.50. The number of aryl methyl sites for hydroxylation is 1. The minimum absolute atomic E-state index is 0.747. The molecular weight excluding hydrogens is 260 g/mol. The van der Waals surface area contributed by atoms with Crippen LogP contribution in [-0.2, 0) is 6.54 Å². The van der Waals surface area contributed by atoms with Gasteiger partial charge in [-0.25, -0.2) is 19.9 Å². The molecule has 98 valence electrons. The Balaban J connectivity index is 2.06. The van der Waals surface area contributed by atoms with Crippen molar-refractivity contribution in [1.82, 2.24) is 24.5 Å². The predicted octanol–water partition coefficient (Wildman–Crippen LogP) is 1.71. The lowest BCUT2D eigenvalue weighted by molar-refractivity contribution is 0.817. The Labute approximate surface area is 114 Å². The summed E-state index contributed by atoms with van der Waals surface area (Å²) in [7, 11) is 3.91. The van der Waals surface area contributed by atoms with Crippen LogP contribution in [0, 0.1) is 6.92 Å². The molecule has 19 heavy (non-hydrogen) atoms. The molecule has 3 aromatic rings. The van der Waals surface area contributed by atoms with Crippen LogP contribution < -0.4 is 4.90 Å². The van der Waals surface area contributed by atoms with Gasteiger partial charge >= 0.3 is 0 Å². The first-order chi connectivity index (χ1) is 9.16. The maximum absolute atomic E-state index is 4.43. The molecule has 3 aromatic heterocycles. The second-order valence-corrected chi connectivity index (χ2v) is 5.44. The van der Waals surface area contributed by atoms with Gasteiger partial charge in [-0.15, -0.1) is 11.3 Å². The van der Waals surface area contributed by atoms with Gasteiger partial charge < -0.3 is 9.47 Å². The highest BCUT2D eigenvalue weighted by atomic mass is 32.1. The quantitative estimate of drug-likeness (QED) is 0.727. The van der Waals surface area contributed by atoms with Crippen LogP contribution >= 0.6 is 11.3 Å². The number of rotatable bonds is 3. The van der Waals surface area contributed by atoms with Crippen LogP contribution in [0.5, 0.6) is 0 Å². The fourth-order valence-electron chi connectivity index (χ4n) is 1.94. The van der Waals surface area contributed by atoms with Gasteiger partial charge in [0.2, 0.25) is 0 Å². The van der Waals surface area contributed by atoms with Crippen molar-refractivity contribution in [3.05, 3.63) is 28.7 Å². The van der Waals surface area contributed by atoms with E-state index in [0.717, 1.165) is 29.2 Å². The number of anilines is 1. The number of nitrogens with zero attached hydrogens (tertiary/aromatic N) is 6. The lowest BCUT2D eigenvalue weighted by Crippen LogP contribution is -2.11. The largest absolute Gasteiger partial charge is 0.361 e. The molecule has 0 aliphatic heterocycles. The Kier molecular flexibility index (Phi) is 2.90. The third-order valence-corrected chi connectivity index (χ3v) is 3.88. The highest BCUT2D eigenvalue weighted by Crippen LogP contribution is 2.21. The average molecular weight is 274 g/mol. The fourth-order valence-corrected chi connectivity index (χ4v) is 2.72. The molecular formula is C12H14N6S. The Morgan fingerprint density at radius 1 is 1.21 bits per heavy atom. The fraction of sp³-hybridized carbons (Fsp3) is 0.333. The zero-order valence-electron chi connectivity index (χ0n) is 11.0. The van der Waals surface area contributed by atoms with Crippen molar-refractivity contribution in [1.29, 1.82) is 0 Å². The van der Waals surface area contributed by atoms with E-state index in [2.05, 4.69) is 19.9 Å². The van der Waals surface area contributed by atoms with Crippen LogP contribution in [0.2, 0.25) is 0 Å². The van der Waals surface area contributed by atoms with Crippen LogP contribution in [0.25, 0.3) is 11.2 Å². The van der Waals surface area contributed by atoms with Gasteiger partial charge in [0.05, 0.1) is 24.1 Å². The summed E-state index contributed by atoms with van der Waals surface area (Å²) in [6.45, 7) is 2.77. The van der Waals surface area contributed by atoms with E-state index in [1.165, 1.54) is 4.88 Å². The van der Waals surface area contributed by atoms with Gasteiger partial charge in [0.25, 0.3) is 0 Å². The average Bonchev–Trinajstić information content (AvgIpc) is 2.97. The van der Waals surface area contributed by atoms with Gasteiger partial charge in [0, 0.05) is 19.0 Å². The molecule has 6 nitrogen and oxygen atoms in total. The second kappa shape index (κ2) is 4.58. The Morgan fingerprint density at radius 2 is 2.05 bits per heavy atom. The van der Waals surface area contributed by atoms with Crippen LogP contribution in [0.15, 0.2) is 18.2 Å². The SMILES string of the molecule is Cc1ncsc1Cn1cnc2c(N(C)C)ncnc21. The Morgan fingerprint density at radius 3 is 2.74 bits per heavy atom. The molecule has 0 aliphatic carbocycles. The first-order valence-corrected chi connectivity index (χ1v) is 6.77. The molecule has 0 fully saturated rings. The van der Waals surface area contributed by atoms with E-state index in [-0.39, 0.29) is 0 Å². The van der Waals surface area contributed by atoms with Crippen molar-refractivity contribution in [2.45, 2.75) is 13.5 Å². The molecule has 0 saturated carbocycles. The van der Waals surface area contributed by atoms with Crippen molar-refractivity contribution in [3.8, 4) is 0 Å². The van der Waals surface area contributed by atoms with Gasteiger partial charge in [-0.05, 0) is 6.92 Å². The predicted molar refractivity (Wildman–Crippen MR) is 75.6 cm³/mol. The van der Waals surface area contributed by atoms with Gasteiger partial charge in [0.15, 0.2) is 17.0 Å². The summed E-state index contributed by atoms with van der Waals surface area (Å²) in [5.74, 6) is 0.838. The molecule has 0 spiro atoms. The highest BCUT2D eigenvalue weighted by molar-refractivity contribution is 7.09. The van der Waals surface area contributed by atoms with E-state index in [9.17, 15) is 0 Å². The van der Waals surface area contributed by atoms with Crippen molar-refractivity contribution in [2.24, 2.45) is 0 Å². The lowest BCUT2D eigenvalue weighted by atomic mass is 10.4. The van der Waals surface area contributed by atoms with Gasteiger partial charge in [-0.2, -0.15) is 0 Å². The highest BCUT2D eigenvalue weighted by Gasteiger charge is 2.12. The summed E-state index contributed by atoms with van der Waals surface area (Å²) in [6.07, 6.45) is 3.39. The van der Waals surface area contributed by atoms with Crippen molar-refractivity contribution in [3.63, 3.8) is 0 Å². The summed E-state index contributed by atoms with van der Waals surface area (Å²) in [6, 6.07) is 0. The standard InChI is InChI=1S/C12H14N6S/c1-8-9(19-7-16-8)4-18-6-15-10-11(17(2)3)13-5-14-12(10)18/h5-7H,4H2,1-3H3. The molecule has 0 unspecified atom stereocenters.